The number of phenols is 3. The van der Waals surface area contributed by atoms with Gasteiger partial charge in [-0.25, -0.2) is 0 Å². The van der Waals surface area contributed by atoms with Crippen molar-refractivity contribution in [2.24, 2.45) is 0 Å². The second-order valence-corrected chi connectivity index (χ2v) is 4.66. The van der Waals surface area contributed by atoms with Crippen LogP contribution in [0.5, 0.6) is 23.0 Å². The van der Waals surface area contributed by atoms with Gasteiger partial charge in [-0.15, -0.1) is 0 Å². The Kier molecular flexibility index (Phi) is 2.75. The SMILES string of the molecule is O=C1c2c(O)cc(O)cc2OC[C@H]1c1ccc(O)cc1. The van der Waals surface area contributed by atoms with Crippen LogP contribution in [0.15, 0.2) is 36.4 Å². The van der Waals surface area contributed by atoms with Crippen LogP contribution in [0.25, 0.3) is 0 Å². The molecule has 5 heteroatoms. The standard InChI is InChI=1S/C15H12O5/c16-9-3-1-8(2-4-9)11-7-20-13-6-10(17)5-12(18)14(13)15(11)19/h1-6,11,16-18H,7H2/t11-/m0/s1. The number of carbonyl (C=O) groups excluding carboxylic acids is 1. The van der Waals surface area contributed by atoms with Crippen LogP contribution in [-0.4, -0.2) is 27.7 Å². The number of aromatic hydroxyl groups is 3. The van der Waals surface area contributed by atoms with Crippen molar-refractivity contribution in [3.8, 4) is 23.0 Å². The Hall–Kier alpha value is -2.69. The van der Waals surface area contributed by atoms with Crippen molar-refractivity contribution >= 4 is 5.78 Å². The van der Waals surface area contributed by atoms with E-state index in [1.807, 2.05) is 0 Å². The number of rotatable bonds is 1. The maximum Gasteiger partial charge on any atom is 0.181 e. The van der Waals surface area contributed by atoms with E-state index in [-0.39, 0.29) is 41.0 Å². The number of ether oxygens (including phenoxy) is 1. The first-order valence-electron chi connectivity index (χ1n) is 6.08. The highest BCUT2D eigenvalue weighted by Crippen LogP contribution is 2.40. The fourth-order valence-electron chi connectivity index (χ4n) is 2.33. The van der Waals surface area contributed by atoms with Crippen LogP contribution in [0.1, 0.15) is 21.8 Å². The van der Waals surface area contributed by atoms with E-state index in [2.05, 4.69) is 0 Å². The molecule has 0 unspecified atom stereocenters. The summed E-state index contributed by atoms with van der Waals surface area (Å²) < 4.78 is 5.45. The lowest BCUT2D eigenvalue weighted by molar-refractivity contribution is 0.0892. The van der Waals surface area contributed by atoms with Gasteiger partial charge in [-0.2, -0.15) is 0 Å². The van der Waals surface area contributed by atoms with E-state index in [1.165, 1.54) is 18.2 Å². The summed E-state index contributed by atoms with van der Waals surface area (Å²) in [6.07, 6.45) is 0. The molecule has 0 aliphatic carbocycles. The van der Waals surface area contributed by atoms with Gasteiger partial charge in [0.15, 0.2) is 5.78 Å². The molecule has 0 saturated heterocycles. The molecule has 0 radical (unpaired) electrons. The van der Waals surface area contributed by atoms with Gasteiger partial charge in [-0.05, 0) is 17.7 Å². The predicted molar refractivity (Wildman–Crippen MR) is 70.4 cm³/mol. The molecule has 20 heavy (non-hydrogen) atoms. The van der Waals surface area contributed by atoms with Crippen molar-refractivity contribution in [3.05, 3.63) is 47.5 Å². The van der Waals surface area contributed by atoms with Gasteiger partial charge in [0.25, 0.3) is 0 Å². The molecule has 102 valence electrons. The Balaban J connectivity index is 2.03. The smallest absolute Gasteiger partial charge is 0.181 e. The van der Waals surface area contributed by atoms with Gasteiger partial charge in [-0.3, -0.25) is 4.79 Å². The van der Waals surface area contributed by atoms with Gasteiger partial charge in [0, 0.05) is 12.1 Å². The van der Waals surface area contributed by atoms with E-state index in [1.54, 1.807) is 12.1 Å². The molecule has 0 fully saturated rings. The summed E-state index contributed by atoms with van der Waals surface area (Å²) in [6.45, 7) is 0.125. The third-order valence-electron chi connectivity index (χ3n) is 3.33. The van der Waals surface area contributed by atoms with Crippen LogP contribution in [0, 0.1) is 0 Å². The Morgan fingerprint density at radius 1 is 1.00 bits per heavy atom. The lowest BCUT2D eigenvalue weighted by Gasteiger charge is -2.25. The maximum absolute atomic E-state index is 12.5. The molecule has 3 N–H and O–H groups in total. The number of fused-ring (bicyclic) bond motifs is 1. The van der Waals surface area contributed by atoms with E-state index < -0.39 is 5.92 Å². The summed E-state index contributed by atoms with van der Waals surface area (Å²) in [5.74, 6) is -0.966. The number of hydrogen-bond donors (Lipinski definition) is 3. The third-order valence-corrected chi connectivity index (χ3v) is 3.33. The summed E-state index contributed by atoms with van der Waals surface area (Å²) in [5, 5.41) is 28.5. The molecule has 2 aromatic rings. The monoisotopic (exact) mass is 272 g/mol. The zero-order chi connectivity index (χ0) is 14.3. The molecule has 0 amide bonds. The zero-order valence-corrected chi connectivity index (χ0v) is 10.4. The predicted octanol–water partition coefficient (Wildman–Crippen LogP) is 2.16. The lowest BCUT2D eigenvalue weighted by atomic mass is 9.88. The molecule has 0 bridgehead atoms. The van der Waals surface area contributed by atoms with E-state index in [0.29, 0.717) is 5.56 Å². The van der Waals surface area contributed by atoms with Crippen LogP contribution in [-0.2, 0) is 0 Å². The van der Waals surface area contributed by atoms with Crippen molar-refractivity contribution in [1.82, 2.24) is 0 Å². The van der Waals surface area contributed by atoms with Gasteiger partial charge >= 0.3 is 0 Å². The molecule has 1 aliphatic heterocycles. The van der Waals surface area contributed by atoms with Gasteiger partial charge in [0.2, 0.25) is 0 Å². The first kappa shape index (κ1) is 12.3. The zero-order valence-electron chi connectivity index (χ0n) is 10.4. The summed E-state index contributed by atoms with van der Waals surface area (Å²) in [7, 11) is 0. The Labute approximate surface area is 114 Å². The lowest BCUT2D eigenvalue weighted by Crippen LogP contribution is -2.26. The van der Waals surface area contributed by atoms with E-state index in [0.717, 1.165) is 6.07 Å². The number of Topliss-reactive ketones (excluding diaryl/α,β-unsaturated/α-hetero) is 1. The largest absolute Gasteiger partial charge is 0.508 e. The summed E-state index contributed by atoms with van der Waals surface area (Å²) in [4.78, 5) is 12.5. The van der Waals surface area contributed by atoms with E-state index >= 15 is 0 Å². The fraction of sp³-hybridized carbons (Fsp3) is 0.133. The van der Waals surface area contributed by atoms with Gasteiger partial charge in [-0.1, -0.05) is 12.1 Å². The van der Waals surface area contributed by atoms with Crippen LogP contribution < -0.4 is 4.74 Å². The van der Waals surface area contributed by atoms with E-state index in [4.69, 9.17) is 4.74 Å². The number of carbonyl (C=O) groups is 1. The van der Waals surface area contributed by atoms with Gasteiger partial charge < -0.3 is 20.1 Å². The number of phenolic OH excluding ortho intramolecular Hbond substituents is 3. The second kappa shape index (κ2) is 4.45. The average Bonchev–Trinajstić information content (AvgIpc) is 2.39. The van der Waals surface area contributed by atoms with Crippen LogP contribution >= 0.6 is 0 Å². The average molecular weight is 272 g/mol. The highest BCUT2D eigenvalue weighted by Gasteiger charge is 2.33. The fourth-order valence-corrected chi connectivity index (χ4v) is 2.33. The summed E-state index contributed by atoms with van der Waals surface area (Å²) in [6, 6.07) is 8.69. The minimum atomic E-state index is -0.543. The molecule has 0 spiro atoms. The molecule has 5 nitrogen and oxygen atoms in total. The number of benzene rings is 2. The van der Waals surface area contributed by atoms with Crippen molar-refractivity contribution < 1.29 is 24.9 Å². The van der Waals surface area contributed by atoms with Crippen LogP contribution in [0.3, 0.4) is 0 Å². The van der Waals surface area contributed by atoms with Gasteiger partial charge in [0.1, 0.15) is 35.2 Å². The minimum absolute atomic E-state index is 0.0760. The second-order valence-electron chi connectivity index (χ2n) is 4.66. The minimum Gasteiger partial charge on any atom is -0.508 e. The molecule has 1 atom stereocenters. The van der Waals surface area contributed by atoms with Crippen molar-refractivity contribution in [2.75, 3.05) is 6.61 Å². The first-order chi connectivity index (χ1) is 9.56. The molecule has 0 saturated carbocycles. The summed E-state index contributed by atoms with van der Waals surface area (Å²) >= 11 is 0. The van der Waals surface area contributed by atoms with Crippen molar-refractivity contribution in [2.45, 2.75) is 5.92 Å². The molecule has 1 aliphatic rings. The quantitative estimate of drug-likeness (QED) is 0.740. The highest BCUT2D eigenvalue weighted by atomic mass is 16.5. The third kappa shape index (κ3) is 1.93. The normalized spacial score (nSPS) is 17.4. The van der Waals surface area contributed by atoms with Crippen LogP contribution in [0.2, 0.25) is 0 Å². The Morgan fingerprint density at radius 2 is 1.70 bits per heavy atom. The highest BCUT2D eigenvalue weighted by molar-refractivity contribution is 6.06. The number of ketones is 1. The molecule has 1 heterocycles. The molecular weight excluding hydrogens is 260 g/mol. The Bertz CT molecular complexity index is 675. The van der Waals surface area contributed by atoms with Gasteiger partial charge in [0.05, 0.1) is 5.92 Å². The van der Waals surface area contributed by atoms with Crippen molar-refractivity contribution in [1.29, 1.82) is 0 Å². The maximum atomic E-state index is 12.5. The summed E-state index contributed by atoms with van der Waals surface area (Å²) in [5.41, 5.74) is 0.776. The van der Waals surface area contributed by atoms with E-state index in [9.17, 15) is 20.1 Å². The molecule has 0 aromatic heterocycles. The van der Waals surface area contributed by atoms with Crippen molar-refractivity contribution in [3.63, 3.8) is 0 Å². The number of hydrogen-bond acceptors (Lipinski definition) is 5. The molecule has 2 aromatic carbocycles. The topological polar surface area (TPSA) is 87.0 Å². The first-order valence-corrected chi connectivity index (χ1v) is 6.08. The van der Waals surface area contributed by atoms with Crippen LogP contribution in [0.4, 0.5) is 0 Å². The molecular formula is C15H12O5. The Morgan fingerprint density at radius 3 is 2.40 bits per heavy atom. The molecule has 3 rings (SSSR count).